The lowest BCUT2D eigenvalue weighted by atomic mass is 9.80. The van der Waals surface area contributed by atoms with Crippen molar-refractivity contribution in [1.29, 1.82) is 0 Å². The van der Waals surface area contributed by atoms with Crippen molar-refractivity contribution in [3.63, 3.8) is 0 Å². The average molecular weight is 156 g/mol. The van der Waals surface area contributed by atoms with Crippen molar-refractivity contribution in [2.75, 3.05) is 0 Å². The number of hydrogen-bond donors (Lipinski definition) is 2. The number of amidine groups is 1. The zero-order valence-electron chi connectivity index (χ0n) is 6.95. The van der Waals surface area contributed by atoms with Gasteiger partial charge < -0.3 is 10.9 Å². The van der Waals surface area contributed by atoms with E-state index in [0.717, 1.165) is 6.42 Å². The van der Waals surface area contributed by atoms with Gasteiger partial charge in [0, 0.05) is 5.92 Å². The second-order valence-electron chi connectivity index (χ2n) is 3.39. The summed E-state index contributed by atoms with van der Waals surface area (Å²) in [6.45, 7) is 2.17. The van der Waals surface area contributed by atoms with Gasteiger partial charge in [-0.3, -0.25) is 0 Å². The summed E-state index contributed by atoms with van der Waals surface area (Å²) < 4.78 is 0. The second kappa shape index (κ2) is 3.60. The number of oxime groups is 1. The van der Waals surface area contributed by atoms with Gasteiger partial charge in [0.1, 0.15) is 5.84 Å². The third-order valence-electron chi connectivity index (χ3n) is 2.61. The molecule has 0 aromatic heterocycles. The molecule has 11 heavy (non-hydrogen) atoms. The quantitative estimate of drug-likeness (QED) is 0.262. The SMILES string of the molecule is CC1CCCCC1/C(N)=N/O. The topological polar surface area (TPSA) is 58.6 Å². The van der Waals surface area contributed by atoms with Gasteiger partial charge in [0.25, 0.3) is 0 Å². The molecule has 1 aliphatic rings. The molecule has 2 unspecified atom stereocenters. The van der Waals surface area contributed by atoms with E-state index in [-0.39, 0.29) is 0 Å². The lowest BCUT2D eigenvalue weighted by molar-refractivity contribution is 0.287. The molecule has 3 heteroatoms. The summed E-state index contributed by atoms with van der Waals surface area (Å²) in [4.78, 5) is 0. The highest BCUT2D eigenvalue weighted by molar-refractivity contribution is 5.82. The van der Waals surface area contributed by atoms with Crippen molar-refractivity contribution in [3.8, 4) is 0 Å². The Kier molecular flexibility index (Phi) is 2.74. The molecule has 0 heterocycles. The minimum Gasteiger partial charge on any atom is -0.409 e. The Morgan fingerprint density at radius 1 is 1.45 bits per heavy atom. The van der Waals surface area contributed by atoms with Crippen LogP contribution in [0, 0.1) is 11.8 Å². The van der Waals surface area contributed by atoms with Gasteiger partial charge in [-0.05, 0) is 12.3 Å². The van der Waals surface area contributed by atoms with E-state index in [9.17, 15) is 0 Å². The summed E-state index contributed by atoms with van der Waals surface area (Å²) in [6.07, 6.45) is 4.79. The van der Waals surface area contributed by atoms with Gasteiger partial charge >= 0.3 is 0 Å². The molecule has 64 valence electrons. The first kappa shape index (κ1) is 8.37. The van der Waals surface area contributed by atoms with Crippen LogP contribution in [-0.2, 0) is 0 Å². The van der Waals surface area contributed by atoms with Gasteiger partial charge in [-0.25, -0.2) is 0 Å². The van der Waals surface area contributed by atoms with Crippen molar-refractivity contribution in [2.24, 2.45) is 22.7 Å². The van der Waals surface area contributed by atoms with Crippen molar-refractivity contribution >= 4 is 5.84 Å². The highest BCUT2D eigenvalue weighted by Crippen LogP contribution is 2.29. The molecule has 0 bridgehead atoms. The van der Waals surface area contributed by atoms with E-state index in [1.165, 1.54) is 19.3 Å². The third kappa shape index (κ3) is 1.85. The first-order valence-corrected chi connectivity index (χ1v) is 4.23. The van der Waals surface area contributed by atoms with Crippen LogP contribution < -0.4 is 5.73 Å². The summed E-state index contributed by atoms with van der Waals surface area (Å²) in [5, 5.41) is 11.5. The Bertz CT molecular complexity index is 156. The third-order valence-corrected chi connectivity index (χ3v) is 2.61. The van der Waals surface area contributed by atoms with Gasteiger partial charge in [-0.2, -0.15) is 0 Å². The predicted molar refractivity (Wildman–Crippen MR) is 44.5 cm³/mol. The minimum atomic E-state index is 0.314. The molecule has 1 aliphatic carbocycles. The van der Waals surface area contributed by atoms with Gasteiger partial charge in [0.15, 0.2) is 0 Å². The van der Waals surface area contributed by atoms with Crippen LogP contribution in [0.2, 0.25) is 0 Å². The molecule has 1 fully saturated rings. The fourth-order valence-electron chi connectivity index (χ4n) is 1.83. The Hall–Kier alpha value is -0.730. The fraction of sp³-hybridized carbons (Fsp3) is 0.875. The molecule has 0 aromatic rings. The molecule has 2 atom stereocenters. The van der Waals surface area contributed by atoms with E-state index in [1.807, 2.05) is 0 Å². The zero-order valence-corrected chi connectivity index (χ0v) is 6.95. The fourth-order valence-corrected chi connectivity index (χ4v) is 1.83. The normalized spacial score (nSPS) is 33.7. The molecule has 3 N–H and O–H groups in total. The Balaban J connectivity index is 2.54. The summed E-state index contributed by atoms with van der Waals surface area (Å²) in [5.41, 5.74) is 5.54. The highest BCUT2D eigenvalue weighted by atomic mass is 16.4. The lowest BCUT2D eigenvalue weighted by Gasteiger charge is -2.27. The van der Waals surface area contributed by atoms with Gasteiger partial charge in [-0.15, -0.1) is 0 Å². The summed E-state index contributed by atoms with van der Waals surface area (Å²) in [5.74, 6) is 1.31. The molecule has 0 aliphatic heterocycles. The first-order valence-electron chi connectivity index (χ1n) is 4.23. The molecule has 0 saturated heterocycles. The maximum absolute atomic E-state index is 8.47. The maximum atomic E-state index is 8.47. The molecule has 0 spiro atoms. The predicted octanol–water partition coefficient (Wildman–Crippen LogP) is 1.56. The number of rotatable bonds is 1. The van der Waals surface area contributed by atoms with Crippen LogP contribution in [0.4, 0.5) is 0 Å². The van der Waals surface area contributed by atoms with Crippen LogP contribution in [0.3, 0.4) is 0 Å². The first-order chi connectivity index (χ1) is 5.25. The molecule has 3 nitrogen and oxygen atoms in total. The molecule has 1 rings (SSSR count). The van der Waals surface area contributed by atoms with Crippen LogP contribution >= 0.6 is 0 Å². The molecule has 0 amide bonds. The van der Waals surface area contributed by atoms with Crippen molar-refractivity contribution < 1.29 is 5.21 Å². The minimum absolute atomic E-state index is 0.314. The van der Waals surface area contributed by atoms with E-state index in [1.54, 1.807) is 0 Å². The highest BCUT2D eigenvalue weighted by Gasteiger charge is 2.24. The maximum Gasteiger partial charge on any atom is 0.142 e. The van der Waals surface area contributed by atoms with E-state index in [0.29, 0.717) is 17.7 Å². The lowest BCUT2D eigenvalue weighted by Crippen LogP contribution is -2.31. The number of nitrogens with zero attached hydrogens (tertiary/aromatic N) is 1. The smallest absolute Gasteiger partial charge is 0.142 e. The second-order valence-corrected chi connectivity index (χ2v) is 3.39. The van der Waals surface area contributed by atoms with Gasteiger partial charge in [0.05, 0.1) is 0 Å². The Labute approximate surface area is 67.3 Å². The van der Waals surface area contributed by atoms with Crippen LogP contribution in [0.1, 0.15) is 32.6 Å². The van der Waals surface area contributed by atoms with Gasteiger partial charge in [-0.1, -0.05) is 31.3 Å². The van der Waals surface area contributed by atoms with Crippen LogP contribution in [0.5, 0.6) is 0 Å². The summed E-state index contributed by atoms with van der Waals surface area (Å²) in [7, 11) is 0. The van der Waals surface area contributed by atoms with E-state index in [4.69, 9.17) is 10.9 Å². The summed E-state index contributed by atoms with van der Waals surface area (Å²) in [6, 6.07) is 0. The Morgan fingerprint density at radius 2 is 2.09 bits per heavy atom. The van der Waals surface area contributed by atoms with E-state index < -0.39 is 0 Å². The van der Waals surface area contributed by atoms with Gasteiger partial charge in [0.2, 0.25) is 0 Å². The van der Waals surface area contributed by atoms with Crippen molar-refractivity contribution in [1.82, 2.24) is 0 Å². The van der Waals surface area contributed by atoms with Crippen LogP contribution in [0.25, 0.3) is 0 Å². The largest absolute Gasteiger partial charge is 0.409 e. The molecular weight excluding hydrogens is 140 g/mol. The van der Waals surface area contributed by atoms with Crippen LogP contribution in [0.15, 0.2) is 5.16 Å². The molecule has 0 aromatic carbocycles. The van der Waals surface area contributed by atoms with E-state index in [2.05, 4.69) is 12.1 Å². The Morgan fingerprint density at radius 3 is 2.64 bits per heavy atom. The standard InChI is InChI=1S/C8H16N2O/c1-6-4-2-3-5-7(6)8(9)10-11/h6-7,11H,2-5H2,1H3,(H2,9,10). The zero-order chi connectivity index (χ0) is 8.27. The van der Waals surface area contributed by atoms with E-state index >= 15 is 0 Å². The molecule has 0 radical (unpaired) electrons. The average Bonchev–Trinajstić information content (AvgIpc) is 2.04. The summed E-state index contributed by atoms with van der Waals surface area (Å²) >= 11 is 0. The molecule has 1 saturated carbocycles. The molecular formula is C8H16N2O. The van der Waals surface area contributed by atoms with Crippen molar-refractivity contribution in [3.05, 3.63) is 0 Å². The van der Waals surface area contributed by atoms with Crippen LogP contribution in [-0.4, -0.2) is 11.0 Å². The monoisotopic (exact) mass is 156 g/mol. The van der Waals surface area contributed by atoms with Crippen molar-refractivity contribution in [2.45, 2.75) is 32.6 Å². The number of nitrogens with two attached hydrogens (primary N) is 1. The number of hydrogen-bond acceptors (Lipinski definition) is 2.